The van der Waals surface area contributed by atoms with Gasteiger partial charge in [-0.2, -0.15) is 0 Å². The Morgan fingerprint density at radius 1 is 1.30 bits per heavy atom. The maximum absolute atomic E-state index is 13.7. The summed E-state index contributed by atoms with van der Waals surface area (Å²) in [5.74, 6) is -0.460. The van der Waals surface area contributed by atoms with E-state index in [4.69, 9.17) is 0 Å². The van der Waals surface area contributed by atoms with Crippen LogP contribution >= 0.6 is 0 Å². The highest BCUT2D eigenvalue weighted by molar-refractivity contribution is 5.53. The highest BCUT2D eigenvalue weighted by Crippen LogP contribution is 2.26. The molecule has 0 radical (unpaired) electrons. The number of benzene rings is 2. The molecule has 104 valence electrons. The van der Waals surface area contributed by atoms with Gasteiger partial charge in [-0.15, -0.1) is 0 Å². The monoisotopic (exact) mass is 276 g/mol. The topological polar surface area (TPSA) is 75.4 Å². The fourth-order valence-electron chi connectivity index (χ4n) is 1.85. The number of phenols is 1. The number of rotatable bonds is 4. The lowest BCUT2D eigenvalue weighted by atomic mass is 10.1. The molecule has 1 unspecified atom stereocenters. The minimum atomic E-state index is -0.580. The second kappa shape index (κ2) is 5.56. The summed E-state index contributed by atoms with van der Waals surface area (Å²) < 4.78 is 13.7. The molecule has 0 fully saturated rings. The molecule has 0 aliphatic heterocycles. The number of non-ortho nitro benzene ring substituents is 1. The van der Waals surface area contributed by atoms with E-state index in [9.17, 15) is 19.6 Å². The Bertz CT molecular complexity index is 646. The predicted octanol–water partition coefficient (Wildman–Crippen LogP) is 3.61. The van der Waals surface area contributed by atoms with Crippen molar-refractivity contribution >= 4 is 11.4 Å². The summed E-state index contributed by atoms with van der Waals surface area (Å²) in [4.78, 5) is 10.1. The van der Waals surface area contributed by atoms with E-state index in [0.717, 1.165) is 23.8 Å². The molecule has 5 nitrogen and oxygen atoms in total. The zero-order chi connectivity index (χ0) is 14.7. The summed E-state index contributed by atoms with van der Waals surface area (Å²) in [6.45, 7) is 1.77. The van der Waals surface area contributed by atoms with E-state index in [1.807, 2.05) is 0 Å². The van der Waals surface area contributed by atoms with Crippen LogP contribution in [0.15, 0.2) is 42.5 Å². The standard InChI is InChI=1S/C14H13FN2O3/c1-9(10-3-2-4-12(18)7-10)16-14-8-11(17(19)20)5-6-13(14)15/h2-9,16,18H,1H3. The molecule has 0 heterocycles. The fourth-order valence-corrected chi connectivity index (χ4v) is 1.85. The van der Waals surface area contributed by atoms with Crippen LogP contribution in [0, 0.1) is 15.9 Å². The second-order valence-electron chi connectivity index (χ2n) is 4.38. The Hall–Kier alpha value is -2.63. The number of nitrogens with zero attached hydrogens (tertiary/aromatic N) is 1. The van der Waals surface area contributed by atoms with Crippen LogP contribution in [0.2, 0.25) is 0 Å². The van der Waals surface area contributed by atoms with Crippen molar-refractivity contribution in [1.82, 2.24) is 0 Å². The SMILES string of the molecule is CC(Nc1cc([N+](=O)[O-])ccc1F)c1cccc(O)c1. The van der Waals surface area contributed by atoms with Gasteiger partial charge in [-0.25, -0.2) is 4.39 Å². The van der Waals surface area contributed by atoms with E-state index < -0.39 is 10.7 Å². The lowest BCUT2D eigenvalue weighted by Gasteiger charge is -2.16. The average molecular weight is 276 g/mol. The van der Waals surface area contributed by atoms with E-state index >= 15 is 0 Å². The Morgan fingerprint density at radius 2 is 2.05 bits per heavy atom. The van der Waals surface area contributed by atoms with Crippen LogP contribution in [0.25, 0.3) is 0 Å². The molecule has 0 aromatic heterocycles. The van der Waals surface area contributed by atoms with Crippen molar-refractivity contribution in [2.24, 2.45) is 0 Å². The van der Waals surface area contributed by atoms with Gasteiger partial charge in [0.1, 0.15) is 11.6 Å². The number of hydrogen-bond donors (Lipinski definition) is 2. The van der Waals surface area contributed by atoms with Gasteiger partial charge in [0.15, 0.2) is 0 Å². The molecular formula is C14H13FN2O3. The Kier molecular flexibility index (Phi) is 3.84. The average Bonchev–Trinajstić information content (AvgIpc) is 2.41. The highest BCUT2D eigenvalue weighted by Gasteiger charge is 2.13. The molecular weight excluding hydrogens is 263 g/mol. The van der Waals surface area contributed by atoms with Gasteiger partial charge in [0.2, 0.25) is 0 Å². The normalized spacial score (nSPS) is 11.9. The molecule has 0 spiro atoms. The van der Waals surface area contributed by atoms with Gasteiger partial charge >= 0.3 is 0 Å². The van der Waals surface area contributed by atoms with Crippen LogP contribution in [-0.4, -0.2) is 10.0 Å². The predicted molar refractivity (Wildman–Crippen MR) is 73.2 cm³/mol. The Labute approximate surface area is 114 Å². The Balaban J connectivity index is 2.25. The van der Waals surface area contributed by atoms with E-state index in [-0.39, 0.29) is 23.2 Å². The molecule has 0 amide bonds. The number of halogens is 1. The molecule has 0 bridgehead atoms. The first kappa shape index (κ1) is 13.8. The minimum absolute atomic E-state index is 0.0510. The van der Waals surface area contributed by atoms with Crippen molar-refractivity contribution in [1.29, 1.82) is 0 Å². The smallest absolute Gasteiger partial charge is 0.271 e. The first-order chi connectivity index (χ1) is 9.47. The quantitative estimate of drug-likeness (QED) is 0.660. The zero-order valence-electron chi connectivity index (χ0n) is 10.7. The van der Waals surface area contributed by atoms with Gasteiger partial charge in [0.05, 0.1) is 10.6 Å². The van der Waals surface area contributed by atoms with Crippen molar-refractivity contribution in [3.63, 3.8) is 0 Å². The molecule has 20 heavy (non-hydrogen) atoms. The fraction of sp³-hybridized carbons (Fsp3) is 0.143. The number of nitro groups is 1. The van der Waals surface area contributed by atoms with Crippen molar-refractivity contribution < 1.29 is 14.4 Å². The van der Waals surface area contributed by atoms with Gasteiger partial charge in [-0.05, 0) is 30.7 Å². The van der Waals surface area contributed by atoms with Crippen LogP contribution in [0.3, 0.4) is 0 Å². The second-order valence-corrected chi connectivity index (χ2v) is 4.38. The number of hydrogen-bond acceptors (Lipinski definition) is 4. The van der Waals surface area contributed by atoms with Gasteiger partial charge < -0.3 is 10.4 Å². The maximum atomic E-state index is 13.7. The lowest BCUT2D eigenvalue weighted by Crippen LogP contribution is -2.08. The van der Waals surface area contributed by atoms with Crippen LogP contribution < -0.4 is 5.32 Å². The lowest BCUT2D eigenvalue weighted by molar-refractivity contribution is -0.384. The molecule has 2 N–H and O–H groups in total. The number of nitrogens with one attached hydrogen (secondary N) is 1. The number of anilines is 1. The van der Waals surface area contributed by atoms with E-state index in [1.165, 1.54) is 6.07 Å². The third-order valence-corrected chi connectivity index (χ3v) is 2.90. The van der Waals surface area contributed by atoms with E-state index in [1.54, 1.807) is 25.1 Å². The molecule has 0 aliphatic rings. The highest BCUT2D eigenvalue weighted by atomic mass is 19.1. The molecule has 1 atom stereocenters. The van der Waals surface area contributed by atoms with Gasteiger partial charge in [0, 0.05) is 18.2 Å². The Morgan fingerprint density at radius 3 is 2.70 bits per heavy atom. The zero-order valence-corrected chi connectivity index (χ0v) is 10.7. The van der Waals surface area contributed by atoms with Crippen LogP contribution in [0.5, 0.6) is 5.75 Å². The molecule has 2 rings (SSSR count). The summed E-state index contributed by atoms with van der Waals surface area (Å²) in [7, 11) is 0. The largest absolute Gasteiger partial charge is 0.508 e. The molecule has 2 aromatic carbocycles. The van der Waals surface area contributed by atoms with Gasteiger partial charge in [-0.3, -0.25) is 10.1 Å². The maximum Gasteiger partial charge on any atom is 0.271 e. The number of phenolic OH excluding ortho intramolecular Hbond substituents is 1. The summed E-state index contributed by atoms with van der Waals surface area (Å²) in [5, 5.41) is 23.0. The van der Waals surface area contributed by atoms with E-state index in [2.05, 4.69) is 5.32 Å². The first-order valence-corrected chi connectivity index (χ1v) is 5.97. The molecule has 6 heteroatoms. The third-order valence-electron chi connectivity index (χ3n) is 2.90. The number of nitro benzene ring substituents is 1. The summed E-state index contributed by atoms with van der Waals surface area (Å²) >= 11 is 0. The van der Waals surface area contributed by atoms with E-state index in [0.29, 0.717) is 0 Å². The van der Waals surface area contributed by atoms with Crippen molar-refractivity contribution in [2.45, 2.75) is 13.0 Å². The molecule has 2 aromatic rings. The van der Waals surface area contributed by atoms with Crippen molar-refractivity contribution in [2.75, 3.05) is 5.32 Å². The van der Waals surface area contributed by atoms with Crippen LogP contribution in [0.1, 0.15) is 18.5 Å². The van der Waals surface area contributed by atoms with Gasteiger partial charge in [0.25, 0.3) is 5.69 Å². The van der Waals surface area contributed by atoms with Crippen LogP contribution in [-0.2, 0) is 0 Å². The minimum Gasteiger partial charge on any atom is -0.508 e. The number of aromatic hydroxyl groups is 1. The molecule has 0 saturated carbocycles. The summed E-state index contributed by atoms with van der Waals surface area (Å²) in [5.41, 5.74) is 0.614. The van der Waals surface area contributed by atoms with Crippen molar-refractivity contribution in [3.8, 4) is 5.75 Å². The van der Waals surface area contributed by atoms with Crippen molar-refractivity contribution in [3.05, 3.63) is 64.0 Å². The third kappa shape index (κ3) is 3.03. The first-order valence-electron chi connectivity index (χ1n) is 5.97. The summed E-state index contributed by atoms with van der Waals surface area (Å²) in [6, 6.07) is 9.53. The van der Waals surface area contributed by atoms with Crippen LogP contribution in [0.4, 0.5) is 15.8 Å². The molecule has 0 saturated heterocycles. The summed E-state index contributed by atoms with van der Waals surface area (Å²) in [6.07, 6.45) is 0. The van der Waals surface area contributed by atoms with Gasteiger partial charge in [-0.1, -0.05) is 12.1 Å². The molecule has 0 aliphatic carbocycles.